The van der Waals surface area contributed by atoms with E-state index < -0.39 is 0 Å². The molecule has 5 rings (SSSR count). The zero-order valence-corrected chi connectivity index (χ0v) is 17.7. The topological polar surface area (TPSA) is 97.3 Å². The molecule has 0 unspecified atom stereocenters. The zero-order valence-electron chi connectivity index (χ0n) is 16.0. The number of aromatic nitrogens is 3. The van der Waals surface area contributed by atoms with Crippen LogP contribution in [0, 0.1) is 0 Å². The van der Waals surface area contributed by atoms with Gasteiger partial charge in [0.15, 0.2) is 11.7 Å². The van der Waals surface area contributed by atoms with Crippen LogP contribution in [0.15, 0.2) is 59.6 Å². The first-order valence-corrected chi connectivity index (χ1v) is 11.1. The number of fused-ring (bicyclic) bond motifs is 1. The molecule has 4 aromatic rings. The number of rotatable bonds is 5. The molecular weight excluding hydrogens is 434 g/mol. The molecule has 154 valence electrons. The van der Waals surface area contributed by atoms with Crippen molar-refractivity contribution in [2.45, 2.75) is 0 Å². The average Bonchev–Trinajstić information content (AvgIpc) is 3.48. The van der Waals surface area contributed by atoms with E-state index in [-0.39, 0.29) is 25.0 Å². The van der Waals surface area contributed by atoms with Crippen LogP contribution < -0.4 is 15.0 Å². The Labute approximate surface area is 185 Å². The lowest BCUT2D eigenvalue weighted by Crippen LogP contribution is -2.43. The van der Waals surface area contributed by atoms with Crippen molar-refractivity contribution in [1.82, 2.24) is 15.0 Å². The van der Waals surface area contributed by atoms with Gasteiger partial charge in [0, 0.05) is 28.7 Å². The van der Waals surface area contributed by atoms with Gasteiger partial charge >= 0.3 is 0 Å². The molecule has 1 aromatic carbocycles. The molecule has 0 radical (unpaired) electrons. The summed E-state index contributed by atoms with van der Waals surface area (Å²) in [7, 11) is 0. The van der Waals surface area contributed by atoms with Crippen LogP contribution in [0.1, 0.15) is 0 Å². The number of carbonyl (C=O) groups is 2. The average molecular weight is 450 g/mol. The van der Waals surface area contributed by atoms with Gasteiger partial charge in [0.2, 0.25) is 5.91 Å². The number of amides is 2. The Morgan fingerprint density at radius 3 is 2.87 bits per heavy atom. The number of pyridine rings is 1. The molecule has 31 heavy (non-hydrogen) atoms. The maximum Gasteiger partial charge on any atom is 0.265 e. The molecule has 0 aliphatic carbocycles. The highest BCUT2D eigenvalue weighted by Crippen LogP contribution is 2.37. The fraction of sp³-hybridized carbons (Fsp3) is 0.0952. The van der Waals surface area contributed by atoms with E-state index >= 15 is 0 Å². The third kappa shape index (κ3) is 4.03. The number of benzene rings is 1. The van der Waals surface area contributed by atoms with Crippen LogP contribution in [0.3, 0.4) is 0 Å². The monoisotopic (exact) mass is 449 g/mol. The van der Waals surface area contributed by atoms with Crippen molar-refractivity contribution in [3.63, 3.8) is 0 Å². The SMILES string of the molecule is O=C(CN1C(=O)COc2ccc(-c3csc(-c4ccccn4)n3)cc21)Nc1nccs1. The van der Waals surface area contributed by atoms with E-state index in [0.29, 0.717) is 16.6 Å². The van der Waals surface area contributed by atoms with E-state index in [4.69, 9.17) is 4.74 Å². The van der Waals surface area contributed by atoms with Gasteiger partial charge in [-0.2, -0.15) is 0 Å². The Morgan fingerprint density at radius 1 is 1.13 bits per heavy atom. The van der Waals surface area contributed by atoms with Crippen molar-refractivity contribution < 1.29 is 14.3 Å². The second kappa shape index (κ2) is 8.25. The van der Waals surface area contributed by atoms with Gasteiger partial charge in [-0.3, -0.25) is 19.5 Å². The summed E-state index contributed by atoms with van der Waals surface area (Å²) >= 11 is 2.81. The van der Waals surface area contributed by atoms with E-state index in [1.54, 1.807) is 23.8 Å². The molecule has 0 saturated heterocycles. The van der Waals surface area contributed by atoms with Gasteiger partial charge < -0.3 is 10.1 Å². The predicted molar refractivity (Wildman–Crippen MR) is 119 cm³/mol. The molecule has 0 bridgehead atoms. The first-order chi connectivity index (χ1) is 15.2. The Balaban J connectivity index is 1.42. The Morgan fingerprint density at radius 2 is 2.06 bits per heavy atom. The van der Waals surface area contributed by atoms with E-state index in [0.717, 1.165) is 22.0 Å². The van der Waals surface area contributed by atoms with Crippen LogP contribution >= 0.6 is 22.7 Å². The molecule has 3 aromatic heterocycles. The standard InChI is InChI=1S/C21H15N5O3S2/c27-18(25-21-23-7-8-30-21)10-26-16-9-13(4-5-17(16)29-11-19(26)28)15-12-31-20(24-15)14-3-1-2-6-22-14/h1-9,12H,10-11H2,(H,23,25,27). The lowest BCUT2D eigenvalue weighted by Gasteiger charge is -2.29. The number of thiazole rings is 2. The van der Waals surface area contributed by atoms with Gasteiger partial charge in [-0.05, 0) is 30.3 Å². The summed E-state index contributed by atoms with van der Waals surface area (Å²) in [5.74, 6) is -0.0652. The highest BCUT2D eigenvalue weighted by Gasteiger charge is 2.28. The third-order valence-electron chi connectivity index (χ3n) is 4.57. The number of hydrogen-bond acceptors (Lipinski definition) is 8. The van der Waals surface area contributed by atoms with Crippen molar-refractivity contribution in [1.29, 1.82) is 0 Å². The van der Waals surface area contributed by atoms with Crippen molar-refractivity contribution in [3.8, 4) is 27.7 Å². The molecule has 0 atom stereocenters. The Kier molecular flexibility index (Phi) is 5.14. The van der Waals surface area contributed by atoms with E-state index in [1.807, 2.05) is 35.7 Å². The summed E-state index contributed by atoms with van der Waals surface area (Å²) in [5.41, 5.74) is 2.92. The fourth-order valence-electron chi connectivity index (χ4n) is 3.14. The second-order valence-corrected chi connectivity index (χ2v) is 8.34. The number of nitrogens with one attached hydrogen (secondary N) is 1. The van der Waals surface area contributed by atoms with Gasteiger partial charge in [0.1, 0.15) is 17.3 Å². The quantitative estimate of drug-likeness (QED) is 0.499. The van der Waals surface area contributed by atoms with Crippen LogP contribution in [0.25, 0.3) is 22.0 Å². The van der Waals surface area contributed by atoms with Gasteiger partial charge in [-0.25, -0.2) is 9.97 Å². The summed E-state index contributed by atoms with van der Waals surface area (Å²) in [6, 6.07) is 11.2. The van der Waals surface area contributed by atoms with E-state index in [9.17, 15) is 9.59 Å². The smallest absolute Gasteiger partial charge is 0.265 e. The minimum atomic E-state index is -0.326. The van der Waals surface area contributed by atoms with E-state index in [2.05, 4.69) is 20.3 Å². The largest absolute Gasteiger partial charge is 0.482 e. The molecule has 0 saturated carbocycles. The molecule has 1 aliphatic heterocycles. The Hall–Kier alpha value is -3.63. The van der Waals surface area contributed by atoms with Crippen LogP contribution in [-0.2, 0) is 9.59 Å². The zero-order chi connectivity index (χ0) is 21.2. The normalized spacial score (nSPS) is 12.9. The minimum absolute atomic E-state index is 0.114. The maximum atomic E-state index is 12.5. The number of hydrogen-bond donors (Lipinski definition) is 1. The van der Waals surface area contributed by atoms with Crippen molar-refractivity contribution >= 4 is 45.3 Å². The Bertz CT molecular complexity index is 1240. The van der Waals surface area contributed by atoms with Crippen LogP contribution in [-0.4, -0.2) is 39.9 Å². The molecule has 2 amide bonds. The van der Waals surface area contributed by atoms with Gasteiger partial charge in [-0.15, -0.1) is 22.7 Å². The first kappa shape index (κ1) is 19.3. The summed E-state index contributed by atoms with van der Waals surface area (Å²) in [4.78, 5) is 39.5. The minimum Gasteiger partial charge on any atom is -0.482 e. The molecule has 1 N–H and O–H groups in total. The summed E-state index contributed by atoms with van der Waals surface area (Å²) in [6.45, 7) is -0.244. The predicted octanol–water partition coefficient (Wildman–Crippen LogP) is 3.69. The molecule has 0 fully saturated rings. The molecule has 0 spiro atoms. The number of nitrogens with zero attached hydrogens (tertiary/aromatic N) is 4. The maximum absolute atomic E-state index is 12.5. The van der Waals surface area contributed by atoms with E-state index in [1.165, 1.54) is 27.6 Å². The highest BCUT2D eigenvalue weighted by molar-refractivity contribution is 7.14. The van der Waals surface area contributed by atoms with Gasteiger partial charge in [0.05, 0.1) is 17.1 Å². The van der Waals surface area contributed by atoms with Crippen molar-refractivity contribution in [2.75, 3.05) is 23.4 Å². The molecule has 10 heteroatoms. The van der Waals surface area contributed by atoms with Crippen molar-refractivity contribution in [3.05, 3.63) is 59.6 Å². The van der Waals surface area contributed by atoms with Crippen LogP contribution in [0.2, 0.25) is 0 Å². The van der Waals surface area contributed by atoms with Crippen LogP contribution in [0.4, 0.5) is 10.8 Å². The van der Waals surface area contributed by atoms with Gasteiger partial charge in [-0.1, -0.05) is 6.07 Å². The lowest BCUT2D eigenvalue weighted by molar-refractivity contribution is -0.123. The highest BCUT2D eigenvalue weighted by atomic mass is 32.1. The fourth-order valence-corrected chi connectivity index (χ4v) is 4.49. The number of anilines is 2. The molecule has 1 aliphatic rings. The summed E-state index contributed by atoms with van der Waals surface area (Å²) in [6.07, 6.45) is 3.34. The van der Waals surface area contributed by atoms with Crippen LogP contribution in [0.5, 0.6) is 5.75 Å². The second-order valence-electron chi connectivity index (χ2n) is 6.59. The lowest BCUT2D eigenvalue weighted by atomic mass is 10.1. The molecule has 8 nitrogen and oxygen atoms in total. The van der Waals surface area contributed by atoms with Crippen molar-refractivity contribution in [2.24, 2.45) is 0 Å². The van der Waals surface area contributed by atoms with Gasteiger partial charge in [0.25, 0.3) is 5.91 Å². The number of ether oxygens (including phenoxy) is 1. The third-order valence-corrected chi connectivity index (χ3v) is 6.12. The first-order valence-electron chi connectivity index (χ1n) is 9.31. The molecule has 4 heterocycles. The summed E-state index contributed by atoms with van der Waals surface area (Å²) < 4.78 is 5.56. The molecular formula is C21H15N5O3S2. The number of carbonyl (C=O) groups excluding carboxylic acids is 2. The summed E-state index contributed by atoms with van der Waals surface area (Å²) in [5, 5.41) is 7.71.